The fourth-order valence-corrected chi connectivity index (χ4v) is 3.11. The Bertz CT molecular complexity index is 859. The predicted octanol–water partition coefficient (Wildman–Crippen LogP) is 2.51. The molecule has 3 N–H and O–H groups in total. The second-order valence-corrected chi connectivity index (χ2v) is 8.00. The third-order valence-corrected chi connectivity index (χ3v) is 5.09. The quantitative estimate of drug-likeness (QED) is 0.274. The monoisotopic (exact) mass is 404 g/mol. The Morgan fingerprint density at radius 3 is 2.68 bits per heavy atom. The van der Waals surface area contributed by atoms with Gasteiger partial charge in [0.2, 0.25) is 10.0 Å². The minimum atomic E-state index is -3.68. The van der Waals surface area contributed by atoms with Crippen LogP contribution in [0, 0.1) is 0 Å². The molecule has 1 aromatic carbocycles. The number of furan rings is 1. The average molecular weight is 405 g/mol. The highest BCUT2D eigenvalue weighted by molar-refractivity contribution is 7.89. The maximum atomic E-state index is 11.4. The molecule has 0 unspecified atom stereocenters. The average Bonchev–Trinajstić information content (AvgIpc) is 3.17. The fourth-order valence-electron chi connectivity index (χ4n) is 2.59. The van der Waals surface area contributed by atoms with Crippen LogP contribution in [0.2, 0.25) is 0 Å². The zero-order chi connectivity index (χ0) is 20.4. The van der Waals surface area contributed by atoms with Crippen molar-refractivity contribution in [2.45, 2.75) is 30.7 Å². The van der Waals surface area contributed by atoms with Gasteiger partial charge in [0.1, 0.15) is 5.76 Å². The fraction of sp³-hybridized carbons (Fsp3) is 0.350. The van der Waals surface area contributed by atoms with Crippen molar-refractivity contribution in [3.05, 3.63) is 66.6 Å². The molecule has 28 heavy (non-hydrogen) atoms. The van der Waals surface area contributed by atoms with Crippen LogP contribution in [0.15, 0.2) is 69.6 Å². The van der Waals surface area contributed by atoms with E-state index in [2.05, 4.69) is 21.8 Å². The number of benzene rings is 1. The van der Waals surface area contributed by atoms with Gasteiger partial charge in [-0.1, -0.05) is 18.2 Å². The number of hydrogen-bond donors (Lipinski definition) is 2. The molecular weight excluding hydrogens is 376 g/mol. The maximum absolute atomic E-state index is 11.4. The maximum Gasteiger partial charge on any atom is 0.238 e. The Balaban J connectivity index is 2.01. The number of rotatable bonds is 10. The van der Waals surface area contributed by atoms with E-state index in [0.717, 1.165) is 43.1 Å². The van der Waals surface area contributed by atoms with E-state index in [0.29, 0.717) is 13.1 Å². The standard InChI is InChI=1S/C20H28N4O3S/c1-3-4-5-14-24(2)20(22-13-12-18-7-6-15-27-18)23-16-17-8-10-19(11-9-17)28(21,25)26/h3,6-11,15H,1,4-5,12-14,16H2,2H3,(H,22,23)(H2,21,25,26). The molecule has 0 atom stereocenters. The topological polar surface area (TPSA) is 101 Å². The second kappa shape index (κ2) is 10.7. The van der Waals surface area contributed by atoms with Gasteiger partial charge in [0.15, 0.2) is 5.96 Å². The van der Waals surface area contributed by atoms with Gasteiger partial charge in [-0.3, -0.25) is 0 Å². The Morgan fingerprint density at radius 1 is 1.32 bits per heavy atom. The van der Waals surface area contributed by atoms with Gasteiger partial charge in [0.05, 0.1) is 17.7 Å². The molecule has 0 saturated carbocycles. The lowest BCUT2D eigenvalue weighted by Gasteiger charge is -2.22. The summed E-state index contributed by atoms with van der Waals surface area (Å²) in [5, 5.41) is 8.50. The summed E-state index contributed by atoms with van der Waals surface area (Å²) in [5.41, 5.74) is 0.900. The summed E-state index contributed by atoms with van der Waals surface area (Å²) in [6, 6.07) is 10.3. The molecule has 7 nitrogen and oxygen atoms in total. The van der Waals surface area contributed by atoms with Crippen LogP contribution in [-0.2, 0) is 23.0 Å². The van der Waals surface area contributed by atoms with Crippen molar-refractivity contribution in [1.29, 1.82) is 0 Å². The van der Waals surface area contributed by atoms with Crippen molar-refractivity contribution < 1.29 is 12.8 Å². The van der Waals surface area contributed by atoms with Crippen LogP contribution in [-0.4, -0.2) is 39.4 Å². The number of unbranched alkanes of at least 4 members (excludes halogenated alkanes) is 1. The first-order chi connectivity index (χ1) is 13.4. The summed E-state index contributed by atoms with van der Waals surface area (Å²) < 4.78 is 28.1. The van der Waals surface area contributed by atoms with Gasteiger partial charge < -0.3 is 14.6 Å². The summed E-state index contributed by atoms with van der Waals surface area (Å²) in [6.07, 6.45) is 6.26. The van der Waals surface area contributed by atoms with Gasteiger partial charge in [-0.15, -0.1) is 6.58 Å². The smallest absolute Gasteiger partial charge is 0.238 e. The van der Waals surface area contributed by atoms with Crippen molar-refractivity contribution in [3.8, 4) is 0 Å². The van der Waals surface area contributed by atoms with E-state index in [1.165, 1.54) is 12.1 Å². The third kappa shape index (κ3) is 7.21. The van der Waals surface area contributed by atoms with Crippen molar-refractivity contribution in [3.63, 3.8) is 0 Å². The lowest BCUT2D eigenvalue weighted by molar-refractivity contribution is 0.463. The Hall–Kier alpha value is -2.58. The number of nitrogens with two attached hydrogens (primary N) is 1. The Kier molecular flexibility index (Phi) is 8.28. The van der Waals surface area contributed by atoms with Crippen molar-refractivity contribution in [2.24, 2.45) is 10.1 Å². The first-order valence-electron chi connectivity index (χ1n) is 9.14. The Labute approximate surface area is 167 Å². The lowest BCUT2D eigenvalue weighted by Crippen LogP contribution is -2.40. The Morgan fingerprint density at radius 2 is 2.07 bits per heavy atom. The molecule has 0 bridgehead atoms. The summed E-state index contributed by atoms with van der Waals surface area (Å²) in [5.74, 6) is 1.70. The summed E-state index contributed by atoms with van der Waals surface area (Å²) in [4.78, 5) is 6.85. The summed E-state index contributed by atoms with van der Waals surface area (Å²) in [6.45, 7) is 5.73. The molecule has 0 aliphatic heterocycles. The van der Waals surface area contributed by atoms with E-state index in [1.54, 1.807) is 18.4 Å². The van der Waals surface area contributed by atoms with Gasteiger partial charge in [-0.25, -0.2) is 18.5 Å². The van der Waals surface area contributed by atoms with E-state index in [-0.39, 0.29) is 4.90 Å². The summed E-state index contributed by atoms with van der Waals surface area (Å²) >= 11 is 0. The highest BCUT2D eigenvalue weighted by Crippen LogP contribution is 2.10. The molecule has 0 radical (unpaired) electrons. The number of nitrogens with zero attached hydrogens (tertiary/aromatic N) is 2. The lowest BCUT2D eigenvalue weighted by atomic mass is 10.2. The molecule has 8 heteroatoms. The normalized spacial score (nSPS) is 12.0. The number of nitrogens with one attached hydrogen (secondary N) is 1. The van der Waals surface area contributed by atoms with Crippen LogP contribution < -0.4 is 10.5 Å². The van der Waals surface area contributed by atoms with Gasteiger partial charge in [-0.05, 0) is 42.7 Å². The number of primary sulfonamides is 1. The first-order valence-corrected chi connectivity index (χ1v) is 10.7. The SMILES string of the molecule is C=CCCCN(C)C(=NCc1ccc(S(N)(=O)=O)cc1)NCCc1ccco1. The van der Waals surface area contributed by atoms with E-state index in [1.807, 2.05) is 25.3 Å². The van der Waals surface area contributed by atoms with Gasteiger partial charge >= 0.3 is 0 Å². The number of sulfonamides is 1. The third-order valence-electron chi connectivity index (χ3n) is 4.16. The highest BCUT2D eigenvalue weighted by Gasteiger charge is 2.08. The molecule has 1 heterocycles. The minimum absolute atomic E-state index is 0.0959. The molecular formula is C20H28N4O3S. The number of hydrogen-bond acceptors (Lipinski definition) is 4. The van der Waals surface area contributed by atoms with Gasteiger partial charge in [-0.2, -0.15) is 0 Å². The van der Waals surface area contributed by atoms with Crippen LogP contribution in [0.3, 0.4) is 0 Å². The van der Waals surface area contributed by atoms with Crippen molar-refractivity contribution in [2.75, 3.05) is 20.1 Å². The number of allylic oxidation sites excluding steroid dienone is 1. The molecule has 2 aromatic rings. The summed E-state index contributed by atoms with van der Waals surface area (Å²) in [7, 11) is -1.69. The molecule has 0 fully saturated rings. The van der Waals surface area contributed by atoms with Crippen molar-refractivity contribution in [1.82, 2.24) is 10.2 Å². The van der Waals surface area contributed by atoms with Crippen LogP contribution in [0.4, 0.5) is 0 Å². The molecule has 0 aliphatic carbocycles. The minimum Gasteiger partial charge on any atom is -0.469 e. The molecule has 0 saturated heterocycles. The zero-order valence-corrected chi connectivity index (χ0v) is 17.0. The molecule has 0 amide bonds. The molecule has 2 rings (SSSR count). The first kappa shape index (κ1) is 21.7. The zero-order valence-electron chi connectivity index (χ0n) is 16.2. The van der Waals surface area contributed by atoms with E-state index >= 15 is 0 Å². The van der Waals surface area contributed by atoms with E-state index < -0.39 is 10.0 Å². The largest absolute Gasteiger partial charge is 0.469 e. The molecule has 0 aliphatic rings. The van der Waals surface area contributed by atoms with Crippen LogP contribution in [0.25, 0.3) is 0 Å². The highest BCUT2D eigenvalue weighted by atomic mass is 32.2. The van der Waals surface area contributed by atoms with Gasteiger partial charge in [0, 0.05) is 26.6 Å². The van der Waals surface area contributed by atoms with Crippen molar-refractivity contribution >= 4 is 16.0 Å². The molecule has 0 spiro atoms. The molecule has 152 valence electrons. The predicted molar refractivity (Wildman–Crippen MR) is 111 cm³/mol. The van der Waals surface area contributed by atoms with Crippen LogP contribution in [0.1, 0.15) is 24.2 Å². The molecule has 1 aromatic heterocycles. The van der Waals surface area contributed by atoms with E-state index in [9.17, 15) is 8.42 Å². The number of guanidine groups is 1. The van der Waals surface area contributed by atoms with Crippen LogP contribution >= 0.6 is 0 Å². The van der Waals surface area contributed by atoms with E-state index in [4.69, 9.17) is 9.56 Å². The van der Waals surface area contributed by atoms with Crippen LogP contribution in [0.5, 0.6) is 0 Å². The van der Waals surface area contributed by atoms with Gasteiger partial charge in [0.25, 0.3) is 0 Å². The second-order valence-electron chi connectivity index (χ2n) is 6.44. The number of aliphatic imine (C=N–C) groups is 1.